The lowest BCUT2D eigenvalue weighted by atomic mass is 10.1. The first-order valence-corrected chi connectivity index (χ1v) is 7.94. The predicted octanol–water partition coefficient (Wildman–Crippen LogP) is 5.54. The third kappa shape index (κ3) is 6.22. The molecule has 0 aliphatic rings. The molecule has 0 radical (unpaired) electrons. The van der Waals surface area contributed by atoms with Gasteiger partial charge >= 0.3 is 0 Å². The molecule has 25 heavy (non-hydrogen) atoms. The van der Waals surface area contributed by atoms with Crippen molar-refractivity contribution in [2.24, 2.45) is 0 Å². The quantitative estimate of drug-likeness (QED) is 0.451. The van der Waals surface area contributed by atoms with Crippen LogP contribution in [0.1, 0.15) is 13.8 Å². The number of anilines is 1. The lowest BCUT2D eigenvalue weighted by Crippen LogP contribution is -2.33. The van der Waals surface area contributed by atoms with Crippen LogP contribution >= 0.6 is 0 Å². The number of rotatable bonds is 8. The standard InChI is InChI=1S/C22H24FNO/c1-6-9-19(8-3)22(25)24(21-14-12-20(23)13-15-21)16-18(7-2)11-10-17(4)5/h6-15H,1,3-4,16H2,2,5H3/b11-10-,18-7+,19-9+. The summed E-state index contributed by atoms with van der Waals surface area (Å²) in [5, 5.41) is 0. The van der Waals surface area contributed by atoms with E-state index in [-0.39, 0.29) is 11.7 Å². The molecule has 0 bridgehead atoms. The van der Waals surface area contributed by atoms with Crippen molar-refractivity contribution in [1.29, 1.82) is 0 Å². The van der Waals surface area contributed by atoms with Crippen LogP contribution in [0, 0.1) is 5.82 Å². The van der Waals surface area contributed by atoms with Crippen molar-refractivity contribution in [3.8, 4) is 0 Å². The van der Waals surface area contributed by atoms with Gasteiger partial charge in [-0.2, -0.15) is 0 Å². The summed E-state index contributed by atoms with van der Waals surface area (Å²) in [7, 11) is 0. The van der Waals surface area contributed by atoms with E-state index in [0.717, 1.165) is 11.1 Å². The number of hydrogen-bond donors (Lipinski definition) is 0. The number of carbonyl (C=O) groups excluding carboxylic acids is 1. The molecule has 0 unspecified atom stereocenters. The maximum absolute atomic E-state index is 13.3. The monoisotopic (exact) mass is 337 g/mol. The number of benzene rings is 1. The van der Waals surface area contributed by atoms with E-state index in [1.165, 1.54) is 24.3 Å². The Labute approximate surface area is 149 Å². The van der Waals surface area contributed by atoms with Crippen LogP contribution in [0.3, 0.4) is 0 Å². The topological polar surface area (TPSA) is 20.3 Å². The van der Waals surface area contributed by atoms with E-state index in [1.54, 1.807) is 23.1 Å². The van der Waals surface area contributed by atoms with E-state index in [4.69, 9.17) is 0 Å². The number of halogens is 1. The van der Waals surface area contributed by atoms with Gasteiger partial charge in [0.25, 0.3) is 5.91 Å². The van der Waals surface area contributed by atoms with Crippen molar-refractivity contribution in [2.75, 3.05) is 11.4 Å². The Kier molecular flexibility index (Phi) is 8.07. The molecule has 0 aromatic heterocycles. The van der Waals surface area contributed by atoms with Crippen molar-refractivity contribution >= 4 is 11.6 Å². The van der Waals surface area contributed by atoms with Crippen LogP contribution in [0.4, 0.5) is 10.1 Å². The maximum Gasteiger partial charge on any atom is 0.258 e. The predicted molar refractivity (Wildman–Crippen MR) is 105 cm³/mol. The second-order valence-corrected chi connectivity index (χ2v) is 5.47. The molecule has 0 aliphatic carbocycles. The molecule has 0 atom stereocenters. The summed E-state index contributed by atoms with van der Waals surface area (Å²) in [6.07, 6.45) is 10.3. The zero-order valence-corrected chi connectivity index (χ0v) is 14.8. The van der Waals surface area contributed by atoms with Gasteiger partial charge in [0, 0.05) is 11.3 Å². The molecule has 0 fully saturated rings. The minimum Gasteiger partial charge on any atom is -0.304 e. The van der Waals surface area contributed by atoms with Crippen LogP contribution in [-0.2, 0) is 4.79 Å². The number of nitrogens with zero attached hydrogens (tertiary/aromatic N) is 1. The zero-order chi connectivity index (χ0) is 18.8. The summed E-state index contributed by atoms with van der Waals surface area (Å²) >= 11 is 0. The van der Waals surface area contributed by atoms with Crippen molar-refractivity contribution < 1.29 is 9.18 Å². The highest BCUT2D eigenvalue weighted by Gasteiger charge is 2.18. The van der Waals surface area contributed by atoms with Gasteiger partial charge < -0.3 is 4.90 Å². The van der Waals surface area contributed by atoms with Crippen molar-refractivity contribution in [3.05, 3.63) is 103 Å². The molecule has 1 aromatic rings. The highest BCUT2D eigenvalue weighted by Crippen LogP contribution is 2.20. The van der Waals surface area contributed by atoms with Gasteiger partial charge in [-0.05, 0) is 43.7 Å². The lowest BCUT2D eigenvalue weighted by molar-refractivity contribution is -0.114. The van der Waals surface area contributed by atoms with Gasteiger partial charge in [-0.1, -0.05) is 61.8 Å². The summed E-state index contributed by atoms with van der Waals surface area (Å²) in [6, 6.07) is 5.83. The Hall–Kier alpha value is -2.94. The normalized spacial score (nSPS) is 12.1. The fourth-order valence-corrected chi connectivity index (χ4v) is 2.08. The molecule has 1 amide bonds. The first-order valence-electron chi connectivity index (χ1n) is 7.94. The van der Waals surface area contributed by atoms with Gasteiger partial charge in [0.05, 0.1) is 6.54 Å². The smallest absolute Gasteiger partial charge is 0.258 e. The molecule has 1 rings (SSSR count). The van der Waals surface area contributed by atoms with E-state index in [1.807, 2.05) is 32.1 Å². The van der Waals surface area contributed by atoms with Crippen LogP contribution < -0.4 is 4.90 Å². The summed E-state index contributed by atoms with van der Waals surface area (Å²) in [6.45, 7) is 15.3. The van der Waals surface area contributed by atoms with E-state index in [2.05, 4.69) is 19.7 Å². The average Bonchev–Trinajstić information content (AvgIpc) is 2.60. The van der Waals surface area contributed by atoms with Gasteiger partial charge in [0.2, 0.25) is 0 Å². The van der Waals surface area contributed by atoms with Crippen LogP contribution in [0.15, 0.2) is 97.2 Å². The molecule has 130 valence electrons. The zero-order valence-electron chi connectivity index (χ0n) is 14.8. The first-order chi connectivity index (χ1) is 11.9. The van der Waals surface area contributed by atoms with E-state index in [9.17, 15) is 9.18 Å². The molecule has 0 aliphatic heterocycles. The molecule has 0 N–H and O–H groups in total. The first kappa shape index (κ1) is 20.1. The van der Waals surface area contributed by atoms with Crippen LogP contribution in [0.5, 0.6) is 0 Å². The SMILES string of the molecule is C=C/C=C(\C=C)C(=O)N(CC(/C=C\C(=C)C)=C/C)c1ccc(F)cc1. The summed E-state index contributed by atoms with van der Waals surface area (Å²) < 4.78 is 13.3. The number of amides is 1. The van der Waals surface area contributed by atoms with Crippen LogP contribution in [0.2, 0.25) is 0 Å². The second-order valence-electron chi connectivity index (χ2n) is 5.47. The molecule has 3 heteroatoms. The third-order valence-corrected chi connectivity index (χ3v) is 3.44. The van der Waals surface area contributed by atoms with Crippen LogP contribution in [-0.4, -0.2) is 12.5 Å². The largest absolute Gasteiger partial charge is 0.304 e. The van der Waals surface area contributed by atoms with E-state index >= 15 is 0 Å². The maximum atomic E-state index is 13.3. The summed E-state index contributed by atoms with van der Waals surface area (Å²) in [5.41, 5.74) is 2.87. The van der Waals surface area contributed by atoms with Crippen molar-refractivity contribution in [1.82, 2.24) is 0 Å². The number of allylic oxidation sites excluding steroid dienone is 5. The van der Waals surface area contributed by atoms with Gasteiger partial charge in [0.1, 0.15) is 5.82 Å². The molecule has 0 saturated carbocycles. The molecule has 0 heterocycles. The summed E-state index contributed by atoms with van der Waals surface area (Å²) in [5.74, 6) is -0.584. The molecular weight excluding hydrogens is 313 g/mol. The molecule has 0 saturated heterocycles. The molecule has 1 aromatic carbocycles. The number of carbonyl (C=O) groups is 1. The Morgan fingerprint density at radius 3 is 2.32 bits per heavy atom. The average molecular weight is 337 g/mol. The van der Waals surface area contributed by atoms with Gasteiger partial charge in [0.15, 0.2) is 0 Å². The highest BCUT2D eigenvalue weighted by atomic mass is 19.1. The Bertz CT molecular complexity index is 736. The second kappa shape index (κ2) is 10.0. The minimum atomic E-state index is -0.352. The van der Waals surface area contributed by atoms with Crippen molar-refractivity contribution in [2.45, 2.75) is 13.8 Å². The van der Waals surface area contributed by atoms with Gasteiger partial charge in [-0.25, -0.2) is 4.39 Å². The summed E-state index contributed by atoms with van der Waals surface area (Å²) in [4.78, 5) is 14.5. The van der Waals surface area contributed by atoms with Crippen LogP contribution in [0.25, 0.3) is 0 Å². The van der Waals surface area contributed by atoms with E-state index < -0.39 is 0 Å². The molecular formula is C22H24FNO. The Balaban J connectivity index is 3.27. The molecule has 0 spiro atoms. The number of hydrogen-bond acceptors (Lipinski definition) is 1. The highest BCUT2D eigenvalue weighted by molar-refractivity contribution is 6.07. The fraction of sp³-hybridized carbons (Fsp3) is 0.136. The van der Waals surface area contributed by atoms with Gasteiger partial charge in [-0.3, -0.25) is 4.79 Å². The van der Waals surface area contributed by atoms with Crippen molar-refractivity contribution in [3.63, 3.8) is 0 Å². The Morgan fingerprint density at radius 2 is 1.84 bits per heavy atom. The Morgan fingerprint density at radius 1 is 1.20 bits per heavy atom. The minimum absolute atomic E-state index is 0.232. The van der Waals surface area contributed by atoms with E-state index in [0.29, 0.717) is 17.8 Å². The fourth-order valence-electron chi connectivity index (χ4n) is 2.08. The lowest BCUT2D eigenvalue weighted by Gasteiger charge is -2.24. The molecule has 2 nitrogen and oxygen atoms in total. The van der Waals surface area contributed by atoms with Gasteiger partial charge in [-0.15, -0.1) is 0 Å². The third-order valence-electron chi connectivity index (χ3n) is 3.44.